The van der Waals surface area contributed by atoms with Crippen LogP contribution in [0.3, 0.4) is 0 Å². The number of ether oxygens (including phenoxy) is 1. The second-order valence-corrected chi connectivity index (χ2v) is 6.13. The van der Waals surface area contributed by atoms with Gasteiger partial charge in [-0.2, -0.15) is 0 Å². The predicted molar refractivity (Wildman–Crippen MR) is 101 cm³/mol. The minimum atomic E-state index is 0.0840. The highest BCUT2D eigenvalue weighted by atomic mass is 16.5. The fraction of sp³-hybridized carbons (Fsp3) is 0.286. The monoisotopic (exact) mass is 336 g/mol. The van der Waals surface area contributed by atoms with Crippen LogP contribution in [-0.2, 0) is 6.42 Å². The number of allylic oxidation sites excluding steroid dienone is 1. The van der Waals surface area contributed by atoms with Gasteiger partial charge >= 0.3 is 0 Å². The number of rotatable bonds is 5. The van der Waals surface area contributed by atoms with Gasteiger partial charge in [0.15, 0.2) is 0 Å². The van der Waals surface area contributed by atoms with Crippen molar-refractivity contribution in [3.8, 4) is 5.75 Å². The minimum Gasteiger partial charge on any atom is -0.496 e. The van der Waals surface area contributed by atoms with Gasteiger partial charge in [0.2, 0.25) is 0 Å². The molecule has 0 spiro atoms. The Balaban J connectivity index is 1.68. The fourth-order valence-corrected chi connectivity index (χ4v) is 3.22. The van der Waals surface area contributed by atoms with Crippen molar-refractivity contribution in [2.24, 2.45) is 0 Å². The smallest absolute Gasteiger partial charge is 0.253 e. The van der Waals surface area contributed by atoms with E-state index < -0.39 is 0 Å². The first kappa shape index (κ1) is 17.1. The van der Waals surface area contributed by atoms with E-state index >= 15 is 0 Å². The first-order chi connectivity index (χ1) is 12.2. The van der Waals surface area contributed by atoms with Crippen molar-refractivity contribution < 1.29 is 9.53 Å². The highest BCUT2D eigenvalue weighted by molar-refractivity contribution is 5.94. The van der Waals surface area contributed by atoms with Crippen LogP contribution in [0.15, 0.2) is 61.2 Å². The number of amides is 1. The third kappa shape index (κ3) is 3.85. The van der Waals surface area contributed by atoms with Crippen LogP contribution < -0.4 is 9.64 Å². The fourth-order valence-electron chi connectivity index (χ4n) is 3.22. The number of hydrogen-bond donors (Lipinski definition) is 0. The molecule has 0 bridgehead atoms. The first-order valence-electron chi connectivity index (χ1n) is 8.60. The molecular formula is C21H24N2O2. The summed E-state index contributed by atoms with van der Waals surface area (Å²) in [7, 11) is 1.65. The van der Waals surface area contributed by atoms with Gasteiger partial charge in [-0.1, -0.05) is 24.3 Å². The Bertz CT molecular complexity index is 735. The number of hydrogen-bond acceptors (Lipinski definition) is 3. The molecule has 1 amide bonds. The summed E-state index contributed by atoms with van der Waals surface area (Å²) in [6.45, 7) is 6.95. The molecule has 0 N–H and O–H groups in total. The molecule has 2 aromatic rings. The van der Waals surface area contributed by atoms with Crippen LogP contribution in [0.1, 0.15) is 15.9 Å². The van der Waals surface area contributed by atoms with Crippen LogP contribution in [-0.4, -0.2) is 44.1 Å². The average molecular weight is 336 g/mol. The maximum atomic E-state index is 12.8. The largest absolute Gasteiger partial charge is 0.496 e. The van der Waals surface area contributed by atoms with Crippen molar-refractivity contribution in [2.75, 3.05) is 38.2 Å². The van der Waals surface area contributed by atoms with Gasteiger partial charge in [0.05, 0.1) is 7.11 Å². The van der Waals surface area contributed by atoms with E-state index in [4.69, 9.17) is 4.74 Å². The number of piperazine rings is 1. The summed E-state index contributed by atoms with van der Waals surface area (Å²) >= 11 is 0. The van der Waals surface area contributed by atoms with Crippen LogP contribution in [0.4, 0.5) is 5.69 Å². The number of carbonyl (C=O) groups excluding carboxylic acids is 1. The van der Waals surface area contributed by atoms with Gasteiger partial charge in [0, 0.05) is 37.4 Å². The highest BCUT2D eigenvalue weighted by Crippen LogP contribution is 2.22. The zero-order valence-corrected chi connectivity index (χ0v) is 14.6. The Morgan fingerprint density at radius 3 is 2.48 bits per heavy atom. The second kappa shape index (κ2) is 7.88. The number of anilines is 1. The minimum absolute atomic E-state index is 0.0840. The van der Waals surface area contributed by atoms with Crippen molar-refractivity contribution in [1.82, 2.24) is 4.90 Å². The molecule has 0 radical (unpaired) electrons. The van der Waals surface area contributed by atoms with Gasteiger partial charge in [0.25, 0.3) is 5.91 Å². The topological polar surface area (TPSA) is 32.8 Å². The standard InChI is InChI=1S/C21H24N2O2/c1-3-7-17-16-18(10-11-20(17)25-2)21(24)23-14-12-22(13-15-23)19-8-5-4-6-9-19/h3-6,8-11,16H,1,7,12-15H2,2H3. The summed E-state index contributed by atoms with van der Waals surface area (Å²) in [4.78, 5) is 17.1. The quantitative estimate of drug-likeness (QED) is 0.785. The summed E-state index contributed by atoms with van der Waals surface area (Å²) in [6, 6.07) is 16.0. The number of para-hydroxylation sites is 1. The van der Waals surface area contributed by atoms with Gasteiger partial charge in [-0.05, 0) is 42.3 Å². The van der Waals surface area contributed by atoms with Crippen LogP contribution in [0.5, 0.6) is 5.75 Å². The van der Waals surface area contributed by atoms with Crippen molar-refractivity contribution in [2.45, 2.75) is 6.42 Å². The van der Waals surface area contributed by atoms with Crippen molar-refractivity contribution in [3.05, 3.63) is 72.3 Å². The molecule has 1 aliphatic rings. The lowest BCUT2D eigenvalue weighted by Crippen LogP contribution is -2.48. The van der Waals surface area contributed by atoms with Gasteiger partial charge in [-0.25, -0.2) is 0 Å². The zero-order chi connectivity index (χ0) is 17.6. The molecule has 0 aliphatic carbocycles. The lowest BCUT2D eigenvalue weighted by atomic mass is 10.1. The second-order valence-electron chi connectivity index (χ2n) is 6.13. The van der Waals surface area contributed by atoms with Crippen LogP contribution in [0, 0.1) is 0 Å². The first-order valence-corrected chi connectivity index (χ1v) is 8.60. The van der Waals surface area contributed by atoms with Crippen molar-refractivity contribution >= 4 is 11.6 Å². The maximum absolute atomic E-state index is 12.8. The van der Waals surface area contributed by atoms with E-state index in [0.717, 1.165) is 37.5 Å². The molecule has 4 nitrogen and oxygen atoms in total. The molecule has 0 saturated carbocycles. The molecule has 0 atom stereocenters. The van der Waals surface area contributed by atoms with Gasteiger partial charge < -0.3 is 14.5 Å². The van der Waals surface area contributed by atoms with Crippen molar-refractivity contribution in [3.63, 3.8) is 0 Å². The molecule has 1 heterocycles. The van der Waals surface area contributed by atoms with Crippen LogP contribution >= 0.6 is 0 Å². The molecule has 1 saturated heterocycles. The molecule has 1 aliphatic heterocycles. The predicted octanol–water partition coefficient (Wildman–Crippen LogP) is 3.39. The average Bonchev–Trinajstić information content (AvgIpc) is 2.68. The van der Waals surface area contributed by atoms with Gasteiger partial charge in [-0.3, -0.25) is 4.79 Å². The summed E-state index contributed by atoms with van der Waals surface area (Å²) in [5, 5.41) is 0. The van der Waals surface area contributed by atoms with Crippen molar-refractivity contribution in [1.29, 1.82) is 0 Å². The molecule has 0 aromatic heterocycles. The van der Waals surface area contributed by atoms with Gasteiger partial charge in [0.1, 0.15) is 5.75 Å². The molecular weight excluding hydrogens is 312 g/mol. The van der Waals surface area contributed by atoms with Crippen LogP contribution in [0.25, 0.3) is 0 Å². The Morgan fingerprint density at radius 2 is 1.84 bits per heavy atom. The molecule has 130 valence electrons. The molecule has 3 rings (SSSR count). The number of benzene rings is 2. The molecule has 1 fully saturated rings. The molecule has 25 heavy (non-hydrogen) atoms. The number of methoxy groups -OCH3 is 1. The van der Waals surface area contributed by atoms with Gasteiger partial charge in [-0.15, -0.1) is 6.58 Å². The maximum Gasteiger partial charge on any atom is 0.253 e. The Hall–Kier alpha value is -2.75. The highest BCUT2D eigenvalue weighted by Gasteiger charge is 2.22. The number of nitrogens with zero attached hydrogens (tertiary/aromatic N) is 2. The van der Waals surface area contributed by atoms with Crippen LogP contribution in [0.2, 0.25) is 0 Å². The van der Waals surface area contributed by atoms with E-state index in [-0.39, 0.29) is 5.91 Å². The van der Waals surface area contributed by atoms with E-state index in [1.807, 2.05) is 47.4 Å². The zero-order valence-electron chi connectivity index (χ0n) is 14.6. The number of carbonyl (C=O) groups is 1. The van der Waals surface area contributed by atoms with E-state index in [0.29, 0.717) is 12.0 Å². The van der Waals surface area contributed by atoms with E-state index in [1.165, 1.54) is 5.69 Å². The summed E-state index contributed by atoms with van der Waals surface area (Å²) < 4.78 is 5.36. The summed E-state index contributed by atoms with van der Waals surface area (Å²) in [5.41, 5.74) is 2.92. The third-order valence-corrected chi connectivity index (χ3v) is 4.58. The van der Waals surface area contributed by atoms with E-state index in [1.54, 1.807) is 7.11 Å². The summed E-state index contributed by atoms with van der Waals surface area (Å²) in [5.74, 6) is 0.881. The Morgan fingerprint density at radius 1 is 1.12 bits per heavy atom. The molecule has 2 aromatic carbocycles. The third-order valence-electron chi connectivity index (χ3n) is 4.58. The van der Waals surface area contributed by atoms with E-state index in [9.17, 15) is 4.79 Å². The SMILES string of the molecule is C=CCc1cc(C(=O)N2CCN(c3ccccc3)CC2)ccc1OC. The van der Waals surface area contributed by atoms with E-state index in [2.05, 4.69) is 23.6 Å². The summed E-state index contributed by atoms with van der Waals surface area (Å²) in [6.07, 6.45) is 2.51. The Kier molecular flexibility index (Phi) is 5.39. The Labute approximate surface area is 149 Å². The molecule has 0 unspecified atom stereocenters. The normalized spacial score (nSPS) is 14.3. The molecule has 4 heteroatoms. The lowest BCUT2D eigenvalue weighted by molar-refractivity contribution is 0.0746. The lowest BCUT2D eigenvalue weighted by Gasteiger charge is -2.36.